The fourth-order valence-corrected chi connectivity index (χ4v) is 2.11. The molecule has 0 atom stereocenters. The Bertz CT molecular complexity index is 555. The van der Waals surface area contributed by atoms with E-state index >= 15 is 0 Å². The number of rotatable bonds is 2. The zero-order valence-electron chi connectivity index (χ0n) is 16.2. The summed E-state index contributed by atoms with van der Waals surface area (Å²) in [7, 11) is 0. The van der Waals surface area contributed by atoms with Gasteiger partial charge in [-0.1, -0.05) is 32.9 Å². The van der Waals surface area contributed by atoms with Crippen LogP contribution in [0.2, 0.25) is 0 Å². The number of ether oxygens (including phenoxy) is 1. The summed E-state index contributed by atoms with van der Waals surface area (Å²) < 4.78 is 9.95. The van der Waals surface area contributed by atoms with Crippen molar-refractivity contribution >= 4 is 11.5 Å². The molecule has 0 N–H and O–H groups in total. The molecule has 6 nitrogen and oxygen atoms in total. The fraction of sp³-hybridized carbons (Fsp3) is 0.778. The summed E-state index contributed by atoms with van der Waals surface area (Å²) in [6.45, 7) is 16.2. The van der Waals surface area contributed by atoms with Gasteiger partial charge in [-0.15, -0.1) is 0 Å². The first-order valence-corrected chi connectivity index (χ1v) is 9.04. The summed E-state index contributed by atoms with van der Waals surface area (Å²) in [4.78, 5) is 12.8. The van der Waals surface area contributed by atoms with Crippen molar-refractivity contribution in [2.45, 2.75) is 66.7 Å². The van der Waals surface area contributed by atoms with Crippen LogP contribution >= 0.6 is 0 Å². The molecule has 0 amide bonds. The molecule has 0 spiro atoms. The summed E-state index contributed by atoms with van der Waals surface area (Å²) in [6.07, 6.45) is 2.63. The molecule has 3 aliphatic rings. The second-order valence-corrected chi connectivity index (χ2v) is 5.99. The minimum Gasteiger partial charge on any atom is -0.379 e. The number of hydrogen-bond donors (Lipinski definition) is 0. The summed E-state index contributed by atoms with van der Waals surface area (Å²) in [5, 5.41) is 3.84. The second-order valence-electron chi connectivity index (χ2n) is 5.99. The Morgan fingerprint density at radius 3 is 2.00 bits per heavy atom. The van der Waals surface area contributed by atoms with Crippen molar-refractivity contribution in [3.05, 3.63) is 11.7 Å². The summed E-state index contributed by atoms with van der Waals surface area (Å²) >= 11 is 0. The van der Waals surface area contributed by atoms with Crippen molar-refractivity contribution in [1.29, 1.82) is 0 Å². The Labute approximate surface area is 145 Å². The third kappa shape index (κ3) is 5.51. The maximum Gasteiger partial charge on any atom is 0.223 e. The molecule has 6 heteroatoms. The van der Waals surface area contributed by atoms with Gasteiger partial charge in [0.25, 0.3) is 0 Å². The van der Waals surface area contributed by atoms with E-state index in [1.54, 1.807) is 6.92 Å². The van der Waals surface area contributed by atoms with Crippen LogP contribution < -0.4 is 0 Å². The lowest BCUT2D eigenvalue weighted by molar-refractivity contribution is -0.0551. The maximum atomic E-state index is 5.08. The third-order valence-corrected chi connectivity index (χ3v) is 3.63. The number of aromatic nitrogens is 2. The molecule has 2 aliphatic heterocycles. The number of aryl methyl sites for hydroxylation is 1. The molecule has 0 radical (unpaired) electrons. The molecule has 0 bridgehead atoms. The lowest BCUT2D eigenvalue weighted by Gasteiger charge is -2.34. The molecule has 4 rings (SSSR count). The molecule has 3 heterocycles. The van der Waals surface area contributed by atoms with E-state index in [1.165, 1.54) is 18.6 Å². The van der Waals surface area contributed by atoms with Gasteiger partial charge in [0.2, 0.25) is 5.89 Å². The van der Waals surface area contributed by atoms with Crippen molar-refractivity contribution in [1.82, 2.24) is 10.1 Å². The van der Waals surface area contributed by atoms with E-state index < -0.39 is 0 Å². The highest BCUT2D eigenvalue weighted by Gasteiger charge is 2.39. The van der Waals surface area contributed by atoms with Gasteiger partial charge in [0.1, 0.15) is 5.84 Å². The van der Waals surface area contributed by atoms with Crippen molar-refractivity contribution < 1.29 is 9.26 Å². The lowest BCUT2D eigenvalue weighted by atomic mass is 9.88. The Balaban J connectivity index is 0.000000202. The quantitative estimate of drug-likeness (QED) is 0.818. The van der Waals surface area contributed by atoms with E-state index in [9.17, 15) is 0 Å². The zero-order valence-corrected chi connectivity index (χ0v) is 16.2. The average molecular weight is 336 g/mol. The van der Waals surface area contributed by atoms with E-state index in [4.69, 9.17) is 9.26 Å². The molecule has 1 saturated heterocycles. The lowest BCUT2D eigenvalue weighted by Crippen LogP contribution is -2.44. The maximum absolute atomic E-state index is 5.08. The topological polar surface area (TPSA) is 72.9 Å². The van der Waals surface area contributed by atoms with Crippen LogP contribution in [-0.2, 0) is 10.2 Å². The molecule has 1 aromatic heterocycles. The summed E-state index contributed by atoms with van der Waals surface area (Å²) in [6, 6.07) is 0. The van der Waals surface area contributed by atoms with Crippen LogP contribution in [0, 0.1) is 12.8 Å². The van der Waals surface area contributed by atoms with Gasteiger partial charge >= 0.3 is 0 Å². The summed E-state index contributed by atoms with van der Waals surface area (Å²) in [5.74, 6) is 3.24. The van der Waals surface area contributed by atoms with Crippen LogP contribution in [-0.4, -0.2) is 41.4 Å². The smallest absolute Gasteiger partial charge is 0.223 e. The monoisotopic (exact) mass is 336 g/mol. The largest absolute Gasteiger partial charge is 0.379 e. The predicted molar refractivity (Wildman–Crippen MR) is 98.0 cm³/mol. The van der Waals surface area contributed by atoms with Crippen LogP contribution in [0.1, 0.15) is 66.1 Å². The van der Waals surface area contributed by atoms with Crippen molar-refractivity contribution in [2.24, 2.45) is 15.9 Å². The highest BCUT2D eigenvalue weighted by Crippen LogP contribution is 2.32. The van der Waals surface area contributed by atoms with Crippen molar-refractivity contribution in [3.63, 3.8) is 0 Å². The molecule has 2 fully saturated rings. The van der Waals surface area contributed by atoms with Crippen LogP contribution in [0.3, 0.4) is 0 Å². The first-order valence-electron chi connectivity index (χ1n) is 9.04. The van der Waals surface area contributed by atoms with Gasteiger partial charge in [-0.2, -0.15) is 4.98 Å². The Morgan fingerprint density at radius 2 is 1.67 bits per heavy atom. The molecular weight excluding hydrogens is 304 g/mol. The molecule has 1 aliphatic carbocycles. The Hall–Kier alpha value is -1.56. The van der Waals surface area contributed by atoms with Crippen LogP contribution in [0.25, 0.3) is 0 Å². The normalized spacial score (nSPS) is 20.0. The van der Waals surface area contributed by atoms with Gasteiger partial charge in [-0.25, -0.2) is 4.99 Å². The average Bonchev–Trinajstić information content (AvgIpc) is 3.20. The molecule has 24 heavy (non-hydrogen) atoms. The van der Waals surface area contributed by atoms with Gasteiger partial charge in [-0.05, 0) is 26.7 Å². The minimum absolute atomic E-state index is 0.00222. The Kier molecular flexibility index (Phi) is 8.25. The zero-order chi connectivity index (χ0) is 18.2. The first kappa shape index (κ1) is 20.5. The third-order valence-electron chi connectivity index (χ3n) is 3.63. The van der Waals surface area contributed by atoms with Crippen LogP contribution in [0.4, 0.5) is 0 Å². The van der Waals surface area contributed by atoms with Gasteiger partial charge in [-0.3, -0.25) is 4.99 Å². The van der Waals surface area contributed by atoms with Crippen molar-refractivity contribution in [2.75, 3.05) is 19.8 Å². The molecule has 1 saturated carbocycles. The van der Waals surface area contributed by atoms with E-state index in [0.29, 0.717) is 19.1 Å². The van der Waals surface area contributed by atoms with Crippen LogP contribution in [0.15, 0.2) is 14.5 Å². The second kappa shape index (κ2) is 9.67. The predicted octanol–water partition coefficient (Wildman–Crippen LogP) is 3.99. The molecular formula is C18H32N4O2. The van der Waals surface area contributed by atoms with Crippen LogP contribution in [0.5, 0.6) is 0 Å². The molecule has 0 unspecified atom stereocenters. The molecule has 136 valence electrons. The Morgan fingerprint density at radius 1 is 1.04 bits per heavy atom. The number of nitrogens with zero attached hydrogens (tertiary/aromatic N) is 4. The molecule has 0 aromatic carbocycles. The minimum atomic E-state index is -0.00222. The van der Waals surface area contributed by atoms with E-state index in [2.05, 4.69) is 27.0 Å². The van der Waals surface area contributed by atoms with Gasteiger partial charge in [0, 0.05) is 18.6 Å². The number of aliphatic imine (C=N–C) groups is 2. The number of amidine groups is 1. The highest BCUT2D eigenvalue weighted by atomic mass is 16.5. The van der Waals surface area contributed by atoms with Gasteiger partial charge in [0.15, 0.2) is 5.82 Å². The van der Waals surface area contributed by atoms with Crippen molar-refractivity contribution in [3.8, 4) is 0 Å². The van der Waals surface area contributed by atoms with E-state index in [-0.39, 0.29) is 5.41 Å². The SMILES string of the molecule is CC.CC.CC1=NC(C2CC2)=NC1.Cc1nc(C2(C)COC2)no1. The number of hydrogen-bond acceptors (Lipinski definition) is 6. The highest BCUT2D eigenvalue weighted by molar-refractivity contribution is 6.04. The van der Waals surface area contributed by atoms with Gasteiger partial charge < -0.3 is 9.26 Å². The van der Waals surface area contributed by atoms with E-state index in [1.807, 2.05) is 34.6 Å². The fourth-order valence-electron chi connectivity index (χ4n) is 2.11. The standard InChI is InChI=1S/C7H10N2O2.C7H10N2.2C2H6/c1-5-8-6(9-11-5)7(2)3-10-4-7;1-5-4-8-7(9-5)6-2-3-6;2*1-2/h3-4H2,1-2H3;6H,2-4H2,1H3;2*1-2H3. The first-order chi connectivity index (χ1) is 11.6. The van der Waals surface area contributed by atoms with E-state index in [0.717, 1.165) is 24.1 Å². The summed E-state index contributed by atoms with van der Waals surface area (Å²) in [5.41, 5.74) is 1.18. The molecule has 1 aromatic rings. The van der Waals surface area contributed by atoms with Gasteiger partial charge in [0.05, 0.1) is 25.2 Å².